The molecule has 1 heterocycles. The number of rotatable bonds is 4. The SMILES string of the molecule is COC(=O)C(c1ccc2ocnc2c1)c1ccc([N+](=O)[O-])cc1Cl. The topological polar surface area (TPSA) is 95.5 Å². The maximum atomic E-state index is 12.3. The maximum Gasteiger partial charge on any atom is 0.317 e. The lowest BCUT2D eigenvalue weighted by atomic mass is 9.91. The molecule has 0 bridgehead atoms. The van der Waals surface area contributed by atoms with Gasteiger partial charge in [0.25, 0.3) is 5.69 Å². The van der Waals surface area contributed by atoms with Gasteiger partial charge >= 0.3 is 5.97 Å². The molecule has 1 atom stereocenters. The monoisotopic (exact) mass is 346 g/mol. The lowest BCUT2D eigenvalue weighted by molar-refractivity contribution is -0.384. The first kappa shape index (κ1) is 15.9. The first-order chi connectivity index (χ1) is 11.5. The molecule has 24 heavy (non-hydrogen) atoms. The Morgan fingerprint density at radius 2 is 2.12 bits per heavy atom. The number of non-ortho nitro benzene ring substituents is 1. The van der Waals surface area contributed by atoms with Gasteiger partial charge in [-0.2, -0.15) is 0 Å². The summed E-state index contributed by atoms with van der Waals surface area (Å²) in [6.07, 6.45) is 1.31. The Balaban J connectivity index is 2.13. The zero-order chi connectivity index (χ0) is 17.3. The molecule has 0 aliphatic heterocycles. The Labute approximate surface area is 141 Å². The molecule has 1 unspecified atom stereocenters. The Morgan fingerprint density at radius 1 is 1.33 bits per heavy atom. The Morgan fingerprint density at radius 3 is 2.79 bits per heavy atom. The molecule has 0 aliphatic rings. The van der Waals surface area contributed by atoms with Gasteiger partial charge in [0.15, 0.2) is 12.0 Å². The van der Waals surface area contributed by atoms with E-state index in [1.165, 1.54) is 31.7 Å². The lowest BCUT2D eigenvalue weighted by Crippen LogP contribution is -2.16. The van der Waals surface area contributed by atoms with Crippen molar-refractivity contribution in [1.29, 1.82) is 0 Å². The summed E-state index contributed by atoms with van der Waals surface area (Å²) in [6.45, 7) is 0. The molecule has 0 fully saturated rings. The van der Waals surface area contributed by atoms with Gasteiger partial charge in [-0.15, -0.1) is 0 Å². The van der Waals surface area contributed by atoms with Crippen molar-refractivity contribution >= 4 is 34.4 Å². The van der Waals surface area contributed by atoms with Crippen LogP contribution in [0.5, 0.6) is 0 Å². The number of hydrogen-bond donors (Lipinski definition) is 0. The quantitative estimate of drug-likeness (QED) is 0.406. The van der Waals surface area contributed by atoms with Gasteiger partial charge in [-0.1, -0.05) is 17.7 Å². The summed E-state index contributed by atoms with van der Waals surface area (Å²) in [7, 11) is 1.27. The highest BCUT2D eigenvalue weighted by atomic mass is 35.5. The van der Waals surface area contributed by atoms with E-state index in [9.17, 15) is 14.9 Å². The number of carbonyl (C=O) groups excluding carboxylic acids is 1. The number of carbonyl (C=O) groups is 1. The van der Waals surface area contributed by atoms with Crippen LogP contribution in [-0.4, -0.2) is 23.0 Å². The van der Waals surface area contributed by atoms with Crippen molar-refractivity contribution in [2.24, 2.45) is 0 Å². The Hall–Kier alpha value is -2.93. The van der Waals surface area contributed by atoms with E-state index < -0.39 is 16.8 Å². The van der Waals surface area contributed by atoms with Crippen LogP contribution >= 0.6 is 11.6 Å². The molecule has 0 aliphatic carbocycles. The van der Waals surface area contributed by atoms with Crippen LogP contribution in [-0.2, 0) is 9.53 Å². The number of nitro groups is 1. The Kier molecular flexibility index (Phi) is 4.18. The molecule has 122 valence electrons. The molecular formula is C16H11ClN2O5. The molecule has 3 rings (SSSR count). The lowest BCUT2D eigenvalue weighted by Gasteiger charge is -2.16. The predicted octanol–water partition coefficient (Wildman–Crippen LogP) is 3.69. The van der Waals surface area contributed by atoms with Crippen molar-refractivity contribution in [2.75, 3.05) is 7.11 Å². The second-order valence-electron chi connectivity index (χ2n) is 5.00. The molecule has 0 radical (unpaired) electrons. The minimum Gasteiger partial charge on any atom is -0.468 e. The number of nitrogens with zero attached hydrogens (tertiary/aromatic N) is 2. The molecule has 0 N–H and O–H groups in total. The zero-order valence-corrected chi connectivity index (χ0v) is 13.2. The van der Waals surface area contributed by atoms with Crippen molar-refractivity contribution in [3.63, 3.8) is 0 Å². The van der Waals surface area contributed by atoms with Crippen molar-refractivity contribution in [3.05, 3.63) is 69.1 Å². The van der Waals surface area contributed by atoms with E-state index >= 15 is 0 Å². The summed E-state index contributed by atoms with van der Waals surface area (Å²) in [5.74, 6) is -1.36. The first-order valence-electron chi connectivity index (χ1n) is 6.86. The van der Waals surface area contributed by atoms with E-state index in [4.69, 9.17) is 20.8 Å². The second-order valence-corrected chi connectivity index (χ2v) is 5.41. The van der Waals surface area contributed by atoms with Gasteiger partial charge in [-0.25, -0.2) is 4.98 Å². The number of benzene rings is 2. The summed E-state index contributed by atoms with van der Waals surface area (Å²) in [4.78, 5) is 26.7. The van der Waals surface area contributed by atoms with Gasteiger partial charge in [0, 0.05) is 12.1 Å². The fraction of sp³-hybridized carbons (Fsp3) is 0.125. The van der Waals surface area contributed by atoms with Crippen LogP contribution in [0, 0.1) is 10.1 Å². The van der Waals surface area contributed by atoms with Crippen LogP contribution < -0.4 is 0 Å². The van der Waals surface area contributed by atoms with Crippen LogP contribution in [0.4, 0.5) is 5.69 Å². The van der Waals surface area contributed by atoms with E-state index in [2.05, 4.69) is 4.98 Å². The zero-order valence-electron chi connectivity index (χ0n) is 12.4. The van der Waals surface area contributed by atoms with Crippen LogP contribution in [0.2, 0.25) is 5.02 Å². The number of aromatic nitrogens is 1. The third-order valence-electron chi connectivity index (χ3n) is 3.63. The molecule has 3 aromatic rings. The van der Waals surface area contributed by atoms with E-state index in [1.54, 1.807) is 18.2 Å². The minimum atomic E-state index is -0.829. The summed E-state index contributed by atoms with van der Waals surface area (Å²) >= 11 is 6.17. The molecule has 0 amide bonds. The summed E-state index contributed by atoms with van der Waals surface area (Å²) in [6, 6.07) is 9.04. The molecule has 0 saturated heterocycles. The van der Waals surface area contributed by atoms with Gasteiger partial charge in [0.1, 0.15) is 11.4 Å². The number of methoxy groups -OCH3 is 1. The average Bonchev–Trinajstić information content (AvgIpc) is 3.03. The second kappa shape index (κ2) is 6.29. The molecule has 0 saturated carbocycles. The highest BCUT2D eigenvalue weighted by Crippen LogP contribution is 2.34. The van der Waals surface area contributed by atoms with Crippen LogP contribution in [0.3, 0.4) is 0 Å². The van der Waals surface area contributed by atoms with E-state index in [0.717, 1.165) is 0 Å². The molecule has 8 heteroatoms. The molecule has 7 nitrogen and oxygen atoms in total. The molecular weight excluding hydrogens is 336 g/mol. The summed E-state index contributed by atoms with van der Waals surface area (Å²) in [5.41, 5.74) is 2.02. The maximum absolute atomic E-state index is 12.3. The van der Waals surface area contributed by atoms with E-state index in [-0.39, 0.29) is 10.7 Å². The van der Waals surface area contributed by atoms with Crippen LogP contribution in [0.1, 0.15) is 17.0 Å². The van der Waals surface area contributed by atoms with Gasteiger partial charge in [-0.05, 0) is 29.3 Å². The highest BCUT2D eigenvalue weighted by Gasteiger charge is 2.27. The standard InChI is InChI=1S/C16H11ClN2O5/c1-23-16(20)15(9-2-5-14-13(6-9)18-8-24-14)11-4-3-10(19(21)22)7-12(11)17/h2-8,15H,1H3. The smallest absolute Gasteiger partial charge is 0.317 e. The molecule has 2 aromatic carbocycles. The van der Waals surface area contributed by atoms with E-state index in [1.807, 2.05) is 0 Å². The number of halogens is 1. The van der Waals surface area contributed by atoms with Crippen molar-refractivity contribution < 1.29 is 18.9 Å². The van der Waals surface area contributed by atoms with E-state index in [0.29, 0.717) is 22.2 Å². The largest absolute Gasteiger partial charge is 0.468 e. The fourth-order valence-corrected chi connectivity index (χ4v) is 2.76. The third-order valence-corrected chi connectivity index (χ3v) is 3.96. The molecule has 1 aromatic heterocycles. The fourth-order valence-electron chi connectivity index (χ4n) is 2.48. The summed E-state index contributed by atoms with van der Waals surface area (Å²) in [5, 5.41) is 11.0. The number of oxazole rings is 1. The van der Waals surface area contributed by atoms with Crippen LogP contribution in [0.25, 0.3) is 11.1 Å². The highest BCUT2D eigenvalue weighted by molar-refractivity contribution is 6.32. The minimum absolute atomic E-state index is 0.111. The third kappa shape index (κ3) is 2.81. The van der Waals surface area contributed by atoms with Crippen molar-refractivity contribution in [1.82, 2.24) is 4.98 Å². The van der Waals surface area contributed by atoms with Gasteiger partial charge in [-0.3, -0.25) is 14.9 Å². The van der Waals surface area contributed by atoms with Gasteiger partial charge in [0.05, 0.1) is 17.1 Å². The van der Waals surface area contributed by atoms with Crippen molar-refractivity contribution in [2.45, 2.75) is 5.92 Å². The first-order valence-corrected chi connectivity index (χ1v) is 7.24. The van der Waals surface area contributed by atoms with Crippen LogP contribution in [0.15, 0.2) is 47.2 Å². The van der Waals surface area contributed by atoms with Gasteiger partial charge in [0.2, 0.25) is 0 Å². The Bertz CT molecular complexity index is 937. The normalized spacial score (nSPS) is 12.1. The number of ether oxygens (including phenoxy) is 1. The van der Waals surface area contributed by atoms with Crippen molar-refractivity contribution in [3.8, 4) is 0 Å². The average molecular weight is 347 g/mol. The molecule has 0 spiro atoms. The number of nitro benzene ring substituents is 1. The number of esters is 1. The number of fused-ring (bicyclic) bond motifs is 1. The number of hydrogen-bond acceptors (Lipinski definition) is 6. The van der Waals surface area contributed by atoms with Gasteiger partial charge < -0.3 is 9.15 Å². The summed E-state index contributed by atoms with van der Waals surface area (Å²) < 4.78 is 10.1. The predicted molar refractivity (Wildman–Crippen MR) is 86.0 cm³/mol.